The Bertz CT molecular complexity index is 847. The van der Waals surface area contributed by atoms with Crippen LogP contribution >= 0.6 is 11.6 Å². The minimum atomic E-state index is -0.688. The molecule has 0 aliphatic heterocycles. The molecule has 2 amide bonds. The van der Waals surface area contributed by atoms with Crippen molar-refractivity contribution in [3.05, 3.63) is 59.1 Å². The van der Waals surface area contributed by atoms with Gasteiger partial charge in [0.2, 0.25) is 0 Å². The Morgan fingerprint density at radius 2 is 1.79 bits per heavy atom. The summed E-state index contributed by atoms with van der Waals surface area (Å²) in [6.07, 6.45) is 5.08. The largest absolute Gasteiger partial charge is 0.481 e. The molecule has 1 fully saturated rings. The van der Waals surface area contributed by atoms with E-state index in [-0.39, 0.29) is 11.8 Å². The molecule has 1 N–H and O–H groups in total. The predicted octanol–water partition coefficient (Wildman–Crippen LogP) is 5.15. The number of carbonyl (C=O) groups excluding carboxylic acids is 2. The maximum absolute atomic E-state index is 12.7. The number of rotatable bonds is 6. The molecule has 2 aromatic rings. The summed E-state index contributed by atoms with van der Waals surface area (Å²) in [5.74, 6) is 0.280. The average molecular weight is 415 g/mol. The molecule has 2 aromatic carbocycles. The number of nitrogens with zero attached hydrogens (tertiary/aromatic N) is 1. The molecule has 0 radical (unpaired) electrons. The third-order valence-electron chi connectivity index (χ3n) is 5.32. The lowest BCUT2D eigenvalue weighted by atomic mass is 9.94. The van der Waals surface area contributed by atoms with Gasteiger partial charge >= 0.3 is 0 Å². The first-order valence-electron chi connectivity index (χ1n) is 10.0. The van der Waals surface area contributed by atoms with Crippen LogP contribution in [0.3, 0.4) is 0 Å². The van der Waals surface area contributed by atoms with Crippen molar-refractivity contribution < 1.29 is 14.3 Å². The molecule has 1 saturated carbocycles. The molecule has 5 nitrogen and oxygen atoms in total. The third-order valence-corrected chi connectivity index (χ3v) is 5.56. The van der Waals surface area contributed by atoms with Gasteiger partial charge in [-0.25, -0.2) is 0 Å². The van der Waals surface area contributed by atoms with Crippen LogP contribution in [0, 0.1) is 0 Å². The average Bonchev–Trinajstić information content (AvgIpc) is 2.74. The Morgan fingerprint density at radius 3 is 2.45 bits per heavy atom. The highest BCUT2D eigenvalue weighted by atomic mass is 35.5. The van der Waals surface area contributed by atoms with Gasteiger partial charge in [0.15, 0.2) is 6.10 Å². The first kappa shape index (κ1) is 21.2. The number of hydrogen-bond donors (Lipinski definition) is 1. The van der Waals surface area contributed by atoms with Crippen LogP contribution in [0.15, 0.2) is 48.5 Å². The molecule has 1 aliphatic carbocycles. The molecule has 0 bridgehead atoms. The fraction of sp³-hybridized carbons (Fsp3) is 0.391. The molecule has 29 heavy (non-hydrogen) atoms. The summed E-state index contributed by atoms with van der Waals surface area (Å²) >= 11 is 5.94. The lowest BCUT2D eigenvalue weighted by Gasteiger charge is -2.31. The van der Waals surface area contributed by atoms with Crippen LogP contribution in [0.1, 0.15) is 49.4 Å². The van der Waals surface area contributed by atoms with E-state index in [2.05, 4.69) is 5.32 Å². The normalized spacial score (nSPS) is 15.4. The van der Waals surface area contributed by atoms with Gasteiger partial charge in [-0.3, -0.25) is 9.59 Å². The van der Waals surface area contributed by atoms with E-state index in [0.717, 1.165) is 12.8 Å². The zero-order valence-corrected chi connectivity index (χ0v) is 17.6. The summed E-state index contributed by atoms with van der Waals surface area (Å²) in [5.41, 5.74) is 1.24. The van der Waals surface area contributed by atoms with Crippen molar-refractivity contribution >= 4 is 29.1 Å². The van der Waals surface area contributed by atoms with E-state index in [1.54, 1.807) is 55.5 Å². The van der Waals surface area contributed by atoms with E-state index in [4.69, 9.17) is 16.3 Å². The van der Waals surface area contributed by atoms with Crippen LogP contribution in [0.2, 0.25) is 5.02 Å². The second kappa shape index (κ2) is 9.79. The lowest BCUT2D eigenvalue weighted by Crippen LogP contribution is -2.38. The lowest BCUT2D eigenvalue weighted by molar-refractivity contribution is -0.122. The van der Waals surface area contributed by atoms with E-state index in [1.165, 1.54) is 19.3 Å². The number of ether oxygens (including phenoxy) is 1. The van der Waals surface area contributed by atoms with E-state index in [1.807, 2.05) is 11.9 Å². The SMILES string of the molecule is CC(Oc1cccc(Cl)c1)C(=O)Nc1ccc(C(=O)N(C)C2CCCCC2)cc1. The molecule has 1 unspecified atom stereocenters. The molecule has 6 heteroatoms. The van der Waals surface area contributed by atoms with Gasteiger partial charge in [-0.15, -0.1) is 0 Å². The van der Waals surface area contributed by atoms with Crippen LogP contribution in [0.5, 0.6) is 5.75 Å². The number of anilines is 1. The Kier molecular flexibility index (Phi) is 7.15. The maximum Gasteiger partial charge on any atom is 0.265 e. The molecule has 1 atom stereocenters. The molecule has 0 heterocycles. The standard InChI is InChI=1S/C23H27ClN2O3/c1-16(29-21-10-6-7-18(24)15-21)22(27)25-19-13-11-17(12-14-19)23(28)26(2)20-8-4-3-5-9-20/h6-7,10-16,20H,3-5,8-9H2,1-2H3,(H,25,27). The Morgan fingerprint density at radius 1 is 1.10 bits per heavy atom. The Hall–Kier alpha value is -2.53. The van der Waals surface area contributed by atoms with Crippen LogP contribution in [0.4, 0.5) is 5.69 Å². The minimum Gasteiger partial charge on any atom is -0.481 e. The van der Waals surface area contributed by atoms with Crippen molar-refractivity contribution in [2.75, 3.05) is 12.4 Å². The van der Waals surface area contributed by atoms with Gasteiger partial charge in [-0.05, 0) is 62.2 Å². The van der Waals surface area contributed by atoms with Gasteiger partial charge in [0, 0.05) is 29.4 Å². The summed E-state index contributed by atoms with van der Waals surface area (Å²) in [7, 11) is 1.88. The highest BCUT2D eigenvalue weighted by molar-refractivity contribution is 6.30. The molecular formula is C23H27ClN2O3. The summed E-state index contributed by atoms with van der Waals surface area (Å²) < 4.78 is 5.63. The van der Waals surface area contributed by atoms with Gasteiger partial charge in [0.1, 0.15) is 5.75 Å². The number of benzene rings is 2. The zero-order valence-electron chi connectivity index (χ0n) is 16.9. The van der Waals surface area contributed by atoms with E-state index < -0.39 is 6.10 Å². The molecular weight excluding hydrogens is 388 g/mol. The van der Waals surface area contributed by atoms with Crippen molar-refractivity contribution in [3.63, 3.8) is 0 Å². The monoisotopic (exact) mass is 414 g/mol. The smallest absolute Gasteiger partial charge is 0.265 e. The summed E-state index contributed by atoms with van der Waals surface area (Å²) in [5, 5.41) is 3.36. The number of hydrogen-bond acceptors (Lipinski definition) is 3. The van der Waals surface area contributed by atoms with Gasteiger partial charge in [-0.2, -0.15) is 0 Å². The molecule has 0 spiro atoms. The van der Waals surface area contributed by atoms with Gasteiger partial charge in [0.05, 0.1) is 0 Å². The highest BCUT2D eigenvalue weighted by Gasteiger charge is 2.23. The second-order valence-electron chi connectivity index (χ2n) is 7.49. The highest BCUT2D eigenvalue weighted by Crippen LogP contribution is 2.23. The minimum absolute atomic E-state index is 0.0208. The summed E-state index contributed by atoms with van der Waals surface area (Å²) in [6, 6.07) is 14.2. The van der Waals surface area contributed by atoms with E-state index >= 15 is 0 Å². The first-order chi connectivity index (χ1) is 13.9. The molecule has 3 rings (SSSR count). The quantitative estimate of drug-likeness (QED) is 0.711. The van der Waals surface area contributed by atoms with Gasteiger partial charge in [-0.1, -0.05) is 36.9 Å². The van der Waals surface area contributed by atoms with Gasteiger partial charge < -0.3 is 15.0 Å². The number of nitrogens with one attached hydrogen (secondary N) is 1. The number of halogens is 1. The topological polar surface area (TPSA) is 58.6 Å². The van der Waals surface area contributed by atoms with Crippen molar-refractivity contribution in [3.8, 4) is 5.75 Å². The first-order valence-corrected chi connectivity index (χ1v) is 10.4. The van der Waals surface area contributed by atoms with Crippen LogP contribution in [-0.4, -0.2) is 35.9 Å². The molecule has 154 valence electrons. The van der Waals surface area contributed by atoms with E-state index in [9.17, 15) is 9.59 Å². The number of carbonyl (C=O) groups is 2. The Labute approximate surface area is 177 Å². The second-order valence-corrected chi connectivity index (χ2v) is 7.93. The molecule has 0 aromatic heterocycles. The molecule has 0 saturated heterocycles. The summed E-state index contributed by atoms with van der Waals surface area (Å²) in [6.45, 7) is 1.67. The van der Waals surface area contributed by atoms with Crippen LogP contribution in [-0.2, 0) is 4.79 Å². The van der Waals surface area contributed by atoms with Crippen LogP contribution < -0.4 is 10.1 Å². The summed E-state index contributed by atoms with van der Waals surface area (Å²) in [4.78, 5) is 27.0. The maximum atomic E-state index is 12.7. The third kappa shape index (κ3) is 5.73. The molecule has 1 aliphatic rings. The Balaban J connectivity index is 1.56. The van der Waals surface area contributed by atoms with Crippen molar-refractivity contribution in [2.45, 2.75) is 51.2 Å². The predicted molar refractivity (Wildman–Crippen MR) is 116 cm³/mol. The van der Waals surface area contributed by atoms with Crippen molar-refractivity contribution in [1.29, 1.82) is 0 Å². The fourth-order valence-electron chi connectivity index (χ4n) is 3.58. The number of amides is 2. The van der Waals surface area contributed by atoms with Crippen LogP contribution in [0.25, 0.3) is 0 Å². The van der Waals surface area contributed by atoms with E-state index in [0.29, 0.717) is 28.1 Å². The van der Waals surface area contributed by atoms with Gasteiger partial charge in [0.25, 0.3) is 11.8 Å². The van der Waals surface area contributed by atoms with Crippen molar-refractivity contribution in [2.24, 2.45) is 0 Å². The zero-order chi connectivity index (χ0) is 20.8. The fourth-order valence-corrected chi connectivity index (χ4v) is 3.76. The van der Waals surface area contributed by atoms with Crippen molar-refractivity contribution in [1.82, 2.24) is 4.90 Å².